The fraction of sp³-hybridized carbons (Fsp3) is 0.0588. The van der Waals surface area contributed by atoms with Gasteiger partial charge in [-0.3, -0.25) is 9.59 Å². The highest BCUT2D eigenvalue weighted by Gasteiger charge is 2.30. The lowest BCUT2D eigenvalue weighted by Gasteiger charge is -2.10. The van der Waals surface area contributed by atoms with Gasteiger partial charge < -0.3 is 10.3 Å². The van der Waals surface area contributed by atoms with Crippen molar-refractivity contribution >= 4 is 34.1 Å². The number of aromatic amines is 1. The Morgan fingerprint density at radius 2 is 1.88 bits per heavy atom. The summed E-state index contributed by atoms with van der Waals surface area (Å²) in [6.07, 6.45) is -3.32. The third-order valence-electron chi connectivity index (χ3n) is 3.54. The molecule has 0 spiro atoms. The number of anilines is 1. The molecule has 0 aliphatic heterocycles. The van der Waals surface area contributed by atoms with Crippen LogP contribution in [0.3, 0.4) is 0 Å². The predicted molar refractivity (Wildman–Crippen MR) is 89.0 cm³/mol. The summed E-state index contributed by atoms with van der Waals surface area (Å²) in [5.41, 5.74) is -1.27. The molecule has 1 amide bonds. The largest absolute Gasteiger partial charge is 0.416 e. The Morgan fingerprint density at radius 1 is 1.12 bits per heavy atom. The maximum absolute atomic E-state index is 12.7. The lowest BCUT2D eigenvalue weighted by molar-refractivity contribution is -0.137. The number of hydrogen-bond donors (Lipinski definition) is 2. The average Bonchev–Trinajstić information content (AvgIpc) is 2.55. The van der Waals surface area contributed by atoms with Gasteiger partial charge in [0.25, 0.3) is 5.91 Å². The number of rotatable bonds is 2. The van der Waals surface area contributed by atoms with Crippen molar-refractivity contribution < 1.29 is 18.0 Å². The van der Waals surface area contributed by atoms with Gasteiger partial charge in [0.1, 0.15) is 5.56 Å². The first-order valence-electron chi connectivity index (χ1n) is 7.05. The number of H-pyrrole nitrogens is 1. The van der Waals surface area contributed by atoms with Crippen molar-refractivity contribution in [1.29, 1.82) is 0 Å². The highest BCUT2D eigenvalue weighted by atomic mass is 35.5. The molecule has 0 radical (unpaired) electrons. The van der Waals surface area contributed by atoms with Crippen LogP contribution >= 0.6 is 11.6 Å². The summed E-state index contributed by atoms with van der Waals surface area (Å²) in [6.45, 7) is 0. The number of amides is 1. The van der Waals surface area contributed by atoms with E-state index >= 15 is 0 Å². The molecule has 4 nitrogen and oxygen atoms in total. The first-order chi connectivity index (χ1) is 11.8. The van der Waals surface area contributed by atoms with Crippen LogP contribution in [0.4, 0.5) is 18.9 Å². The Kier molecular flexibility index (Phi) is 4.26. The summed E-state index contributed by atoms with van der Waals surface area (Å²) in [5, 5.41) is 2.84. The fourth-order valence-corrected chi connectivity index (χ4v) is 2.50. The Hall–Kier alpha value is -2.80. The molecule has 25 heavy (non-hydrogen) atoms. The van der Waals surface area contributed by atoms with E-state index in [0.717, 1.165) is 12.1 Å². The third kappa shape index (κ3) is 3.51. The topological polar surface area (TPSA) is 62.0 Å². The van der Waals surface area contributed by atoms with Crippen LogP contribution in [0.5, 0.6) is 0 Å². The molecule has 1 aromatic heterocycles. The number of alkyl halides is 3. The number of hydrogen-bond acceptors (Lipinski definition) is 2. The Bertz CT molecular complexity index is 1030. The molecule has 0 saturated heterocycles. The minimum absolute atomic E-state index is 0.0644. The monoisotopic (exact) mass is 366 g/mol. The summed E-state index contributed by atoms with van der Waals surface area (Å²) in [7, 11) is 0. The normalized spacial score (nSPS) is 11.5. The quantitative estimate of drug-likeness (QED) is 0.703. The number of nitrogens with one attached hydrogen (secondary N) is 2. The van der Waals surface area contributed by atoms with Crippen LogP contribution in [0.15, 0.2) is 53.5 Å². The predicted octanol–water partition coefficient (Wildman–Crippen LogP) is 4.45. The zero-order chi connectivity index (χ0) is 18.2. The van der Waals surface area contributed by atoms with Crippen molar-refractivity contribution in [2.45, 2.75) is 6.18 Å². The van der Waals surface area contributed by atoms with Crippen molar-refractivity contribution in [2.24, 2.45) is 0 Å². The number of halogens is 4. The van der Waals surface area contributed by atoms with Crippen LogP contribution in [-0.2, 0) is 6.18 Å². The number of carbonyl (C=O) groups excluding carboxylic acids is 1. The number of fused-ring (bicyclic) bond motifs is 1. The van der Waals surface area contributed by atoms with Crippen molar-refractivity contribution in [2.75, 3.05) is 5.32 Å². The molecule has 0 unspecified atom stereocenters. The zero-order valence-corrected chi connectivity index (χ0v) is 13.2. The second-order valence-electron chi connectivity index (χ2n) is 5.25. The molecule has 0 fully saturated rings. The van der Waals surface area contributed by atoms with Gasteiger partial charge in [-0.05, 0) is 36.4 Å². The number of aromatic nitrogens is 1. The zero-order valence-electron chi connectivity index (χ0n) is 12.4. The Balaban J connectivity index is 1.96. The van der Waals surface area contributed by atoms with Crippen molar-refractivity contribution in [1.82, 2.24) is 4.98 Å². The lowest BCUT2D eigenvalue weighted by atomic mass is 10.1. The molecule has 2 aromatic carbocycles. The molecular formula is C17H10ClF3N2O2. The van der Waals surface area contributed by atoms with E-state index in [9.17, 15) is 22.8 Å². The Morgan fingerprint density at radius 3 is 2.60 bits per heavy atom. The minimum atomic E-state index is -4.53. The van der Waals surface area contributed by atoms with Gasteiger partial charge in [0.2, 0.25) is 5.43 Å². The molecule has 8 heteroatoms. The van der Waals surface area contributed by atoms with E-state index in [1.165, 1.54) is 24.4 Å². The van der Waals surface area contributed by atoms with Crippen LogP contribution in [0, 0.1) is 0 Å². The Labute approximate surface area is 144 Å². The molecule has 3 rings (SSSR count). The highest BCUT2D eigenvalue weighted by Crippen LogP contribution is 2.30. The minimum Gasteiger partial charge on any atom is -0.360 e. The van der Waals surface area contributed by atoms with Gasteiger partial charge in [-0.1, -0.05) is 17.7 Å². The molecule has 0 aliphatic rings. The lowest BCUT2D eigenvalue weighted by Crippen LogP contribution is -2.22. The highest BCUT2D eigenvalue weighted by molar-refractivity contribution is 6.31. The van der Waals surface area contributed by atoms with E-state index in [0.29, 0.717) is 10.5 Å². The summed E-state index contributed by atoms with van der Waals surface area (Å²) in [4.78, 5) is 27.5. The van der Waals surface area contributed by atoms with E-state index in [1.807, 2.05) is 0 Å². The van der Waals surface area contributed by atoms with Gasteiger partial charge in [-0.2, -0.15) is 13.2 Å². The smallest absolute Gasteiger partial charge is 0.360 e. The van der Waals surface area contributed by atoms with E-state index in [-0.39, 0.29) is 16.6 Å². The van der Waals surface area contributed by atoms with Crippen LogP contribution in [0.2, 0.25) is 5.02 Å². The SMILES string of the molecule is O=C(Nc1cccc(C(F)(F)F)c1)c1c[nH]c2ccc(Cl)cc2c1=O. The van der Waals surface area contributed by atoms with Gasteiger partial charge in [0.15, 0.2) is 0 Å². The third-order valence-corrected chi connectivity index (χ3v) is 3.77. The summed E-state index contributed by atoms with van der Waals surface area (Å²) in [6, 6.07) is 8.75. The van der Waals surface area contributed by atoms with E-state index in [4.69, 9.17) is 11.6 Å². The maximum atomic E-state index is 12.7. The molecule has 0 saturated carbocycles. The number of benzene rings is 2. The van der Waals surface area contributed by atoms with Crippen LogP contribution in [-0.4, -0.2) is 10.9 Å². The molecule has 128 valence electrons. The van der Waals surface area contributed by atoms with Crippen LogP contribution < -0.4 is 10.7 Å². The van der Waals surface area contributed by atoms with Gasteiger partial charge >= 0.3 is 6.18 Å². The van der Waals surface area contributed by atoms with E-state index in [1.54, 1.807) is 12.1 Å². The van der Waals surface area contributed by atoms with Crippen molar-refractivity contribution in [3.05, 3.63) is 75.0 Å². The molecule has 1 heterocycles. The van der Waals surface area contributed by atoms with Gasteiger partial charge in [0.05, 0.1) is 5.56 Å². The molecule has 2 N–H and O–H groups in total. The van der Waals surface area contributed by atoms with Crippen molar-refractivity contribution in [3.8, 4) is 0 Å². The maximum Gasteiger partial charge on any atom is 0.416 e. The second kappa shape index (κ2) is 6.25. The number of pyridine rings is 1. The first kappa shape index (κ1) is 17.0. The standard InChI is InChI=1S/C17H10ClF3N2O2/c18-10-4-5-14-12(7-10)15(24)13(8-22-14)16(25)23-11-3-1-2-9(6-11)17(19,20)21/h1-8H,(H,22,24)(H,23,25). The summed E-state index contributed by atoms with van der Waals surface area (Å²) >= 11 is 5.85. The molecule has 0 aliphatic carbocycles. The van der Waals surface area contributed by atoms with Gasteiger partial charge in [-0.15, -0.1) is 0 Å². The number of carbonyl (C=O) groups is 1. The van der Waals surface area contributed by atoms with Crippen LogP contribution in [0.1, 0.15) is 15.9 Å². The van der Waals surface area contributed by atoms with Crippen molar-refractivity contribution in [3.63, 3.8) is 0 Å². The van der Waals surface area contributed by atoms with E-state index < -0.39 is 23.1 Å². The molecule has 3 aromatic rings. The van der Waals surface area contributed by atoms with Gasteiger partial charge in [0, 0.05) is 27.8 Å². The second-order valence-corrected chi connectivity index (χ2v) is 5.69. The average molecular weight is 367 g/mol. The molecular weight excluding hydrogens is 357 g/mol. The fourth-order valence-electron chi connectivity index (χ4n) is 2.33. The van der Waals surface area contributed by atoms with Gasteiger partial charge in [-0.25, -0.2) is 0 Å². The van der Waals surface area contributed by atoms with E-state index in [2.05, 4.69) is 10.3 Å². The molecule has 0 bridgehead atoms. The summed E-state index contributed by atoms with van der Waals surface area (Å²) < 4.78 is 38.2. The summed E-state index contributed by atoms with van der Waals surface area (Å²) in [5.74, 6) is -0.817. The first-order valence-corrected chi connectivity index (χ1v) is 7.43. The van der Waals surface area contributed by atoms with Crippen LogP contribution in [0.25, 0.3) is 10.9 Å². The molecule has 0 atom stereocenters.